The molecule has 0 saturated heterocycles. The first-order valence-electron chi connectivity index (χ1n) is 8.46. The lowest BCUT2D eigenvalue weighted by Crippen LogP contribution is -2.80. The summed E-state index contributed by atoms with van der Waals surface area (Å²) in [5.74, 6) is 0. The fourth-order valence-electron chi connectivity index (χ4n) is 7.39. The van der Waals surface area contributed by atoms with Gasteiger partial charge in [-0.1, -0.05) is 83.1 Å². The maximum Gasteiger partial charge on any atom is -0.0161 e. The Morgan fingerprint density at radius 1 is 0.450 bits per heavy atom. The lowest BCUT2D eigenvalue weighted by molar-refractivity contribution is -0.381. The molecule has 0 heteroatoms. The molecular formula is C20H38. The summed E-state index contributed by atoms with van der Waals surface area (Å²) < 4.78 is 0. The molecule has 0 radical (unpaired) electrons. The summed E-state index contributed by atoms with van der Waals surface area (Å²) in [6.45, 7) is 30.6. The molecule has 0 N–H and O–H groups in total. The SMILES string of the molecule is CC1(C)CC2(C)C(C)(C)C(C)(C)C1(C)C(C)(C)C2(C)C. The lowest BCUT2D eigenvalue weighted by atomic mass is 9.18. The van der Waals surface area contributed by atoms with E-state index in [0.717, 1.165) is 0 Å². The van der Waals surface area contributed by atoms with Gasteiger partial charge in [0.2, 0.25) is 0 Å². The van der Waals surface area contributed by atoms with Crippen LogP contribution in [-0.2, 0) is 0 Å². The third-order valence-corrected chi connectivity index (χ3v) is 10.5. The molecule has 0 amide bonds. The van der Waals surface area contributed by atoms with E-state index in [1.165, 1.54) is 6.42 Å². The van der Waals surface area contributed by atoms with Crippen molar-refractivity contribution in [3.63, 3.8) is 0 Å². The van der Waals surface area contributed by atoms with Gasteiger partial charge in [-0.05, 0) is 44.3 Å². The highest BCUT2D eigenvalue weighted by Crippen LogP contribution is 2.87. The maximum atomic E-state index is 2.59. The van der Waals surface area contributed by atoms with Crippen LogP contribution in [0.15, 0.2) is 0 Å². The number of hydrogen-bond acceptors (Lipinski definition) is 0. The first-order valence-corrected chi connectivity index (χ1v) is 8.46. The lowest BCUT2D eigenvalue weighted by Gasteiger charge is -2.86. The molecule has 3 aliphatic carbocycles. The van der Waals surface area contributed by atoms with Gasteiger partial charge in [-0.15, -0.1) is 0 Å². The minimum Gasteiger partial charge on any atom is -0.0593 e. The second kappa shape index (κ2) is 3.33. The van der Waals surface area contributed by atoms with Gasteiger partial charge in [0.25, 0.3) is 0 Å². The Labute approximate surface area is 128 Å². The number of hydrogen-bond donors (Lipinski definition) is 0. The van der Waals surface area contributed by atoms with Crippen LogP contribution in [-0.4, -0.2) is 0 Å². The van der Waals surface area contributed by atoms with Crippen molar-refractivity contribution in [1.29, 1.82) is 0 Å². The van der Waals surface area contributed by atoms with Crippen molar-refractivity contribution < 1.29 is 0 Å². The predicted octanol–water partition coefficient (Wildman–Crippen LogP) is 6.55. The number of rotatable bonds is 0. The van der Waals surface area contributed by atoms with Crippen molar-refractivity contribution in [1.82, 2.24) is 0 Å². The van der Waals surface area contributed by atoms with Crippen molar-refractivity contribution in [3.8, 4) is 0 Å². The molecule has 0 spiro atoms. The highest BCUT2D eigenvalue weighted by molar-refractivity contribution is 5.29. The molecule has 0 atom stereocenters. The van der Waals surface area contributed by atoms with E-state index in [1.54, 1.807) is 0 Å². The van der Waals surface area contributed by atoms with Gasteiger partial charge >= 0.3 is 0 Å². The third-order valence-electron chi connectivity index (χ3n) is 10.5. The second-order valence-corrected chi connectivity index (χ2v) is 11.0. The molecular weight excluding hydrogens is 240 g/mol. The van der Waals surface area contributed by atoms with Crippen molar-refractivity contribution >= 4 is 0 Å². The topological polar surface area (TPSA) is 0 Å². The van der Waals surface area contributed by atoms with Crippen LogP contribution in [0.2, 0.25) is 0 Å². The van der Waals surface area contributed by atoms with Gasteiger partial charge in [0.1, 0.15) is 0 Å². The zero-order valence-electron chi connectivity index (χ0n) is 16.2. The average molecular weight is 279 g/mol. The van der Waals surface area contributed by atoms with Crippen LogP contribution in [0.25, 0.3) is 0 Å². The van der Waals surface area contributed by atoms with Crippen LogP contribution in [0.1, 0.15) is 89.5 Å². The molecule has 3 aliphatic rings. The molecule has 0 aromatic heterocycles. The van der Waals surface area contributed by atoms with Crippen molar-refractivity contribution in [3.05, 3.63) is 0 Å². The Morgan fingerprint density at radius 3 is 1.05 bits per heavy atom. The highest BCUT2D eigenvalue weighted by Gasteiger charge is 2.81. The minimum atomic E-state index is 0.315. The molecule has 3 rings (SSSR count). The van der Waals surface area contributed by atoms with Crippen LogP contribution >= 0.6 is 0 Å². The fourth-order valence-corrected chi connectivity index (χ4v) is 7.39. The Morgan fingerprint density at radius 2 is 0.750 bits per heavy atom. The molecule has 20 heavy (non-hydrogen) atoms. The standard InChI is InChI=1S/C20H38/c1-14(2)13-19(11)15(3,4)17(7,8)20(14,12)18(9,10)16(19,5)6/h13H2,1-12H3. The molecule has 2 bridgehead atoms. The van der Waals surface area contributed by atoms with E-state index < -0.39 is 0 Å². The first kappa shape index (κ1) is 16.4. The second-order valence-electron chi connectivity index (χ2n) is 11.0. The van der Waals surface area contributed by atoms with E-state index >= 15 is 0 Å². The summed E-state index contributed by atoms with van der Waals surface area (Å²) >= 11 is 0. The first-order chi connectivity index (χ1) is 8.46. The molecule has 3 saturated carbocycles. The molecule has 0 aromatic carbocycles. The zero-order chi connectivity index (χ0) is 16.2. The van der Waals surface area contributed by atoms with Crippen LogP contribution in [0.5, 0.6) is 0 Å². The summed E-state index contributed by atoms with van der Waals surface area (Å²) in [5, 5.41) is 0. The molecule has 0 nitrogen and oxygen atoms in total. The average Bonchev–Trinajstić information content (AvgIpc) is 2.22. The van der Waals surface area contributed by atoms with E-state index in [2.05, 4.69) is 83.1 Å². The predicted molar refractivity (Wildman–Crippen MR) is 89.7 cm³/mol. The molecule has 0 aromatic rings. The smallest absolute Gasteiger partial charge is 0.0161 e. The Balaban J connectivity index is 2.94. The molecule has 0 unspecified atom stereocenters. The normalized spacial score (nSPS) is 46.2. The summed E-state index contributed by atoms with van der Waals surface area (Å²) in [4.78, 5) is 0. The minimum absolute atomic E-state index is 0.315. The largest absolute Gasteiger partial charge is 0.0593 e. The Kier molecular flexibility index (Phi) is 2.73. The Hall–Kier alpha value is 0. The van der Waals surface area contributed by atoms with Gasteiger partial charge in [0.15, 0.2) is 0 Å². The fraction of sp³-hybridized carbons (Fsp3) is 1.00. The van der Waals surface area contributed by atoms with Gasteiger partial charge in [0.05, 0.1) is 0 Å². The summed E-state index contributed by atoms with van der Waals surface area (Å²) in [5.41, 5.74) is 2.35. The van der Waals surface area contributed by atoms with Gasteiger partial charge in [-0.2, -0.15) is 0 Å². The van der Waals surface area contributed by atoms with Crippen molar-refractivity contribution in [2.24, 2.45) is 37.9 Å². The summed E-state index contributed by atoms with van der Waals surface area (Å²) in [7, 11) is 0. The van der Waals surface area contributed by atoms with E-state index in [-0.39, 0.29) is 0 Å². The van der Waals surface area contributed by atoms with Crippen LogP contribution in [0.4, 0.5) is 0 Å². The zero-order valence-corrected chi connectivity index (χ0v) is 16.2. The van der Waals surface area contributed by atoms with E-state index in [0.29, 0.717) is 37.9 Å². The van der Waals surface area contributed by atoms with Gasteiger partial charge < -0.3 is 0 Å². The highest BCUT2D eigenvalue weighted by atomic mass is 14.9. The number of fused-ring (bicyclic) bond motifs is 3. The van der Waals surface area contributed by atoms with Gasteiger partial charge in [-0.25, -0.2) is 0 Å². The van der Waals surface area contributed by atoms with Crippen molar-refractivity contribution in [2.45, 2.75) is 89.5 Å². The maximum absolute atomic E-state index is 2.59. The van der Waals surface area contributed by atoms with Crippen LogP contribution in [0.3, 0.4) is 0 Å². The third kappa shape index (κ3) is 1.09. The van der Waals surface area contributed by atoms with E-state index in [4.69, 9.17) is 0 Å². The van der Waals surface area contributed by atoms with Crippen LogP contribution < -0.4 is 0 Å². The Bertz CT molecular complexity index is 415. The van der Waals surface area contributed by atoms with Crippen molar-refractivity contribution in [2.75, 3.05) is 0 Å². The van der Waals surface area contributed by atoms with Crippen LogP contribution in [0, 0.1) is 37.9 Å². The van der Waals surface area contributed by atoms with E-state index in [1.807, 2.05) is 0 Å². The summed E-state index contributed by atoms with van der Waals surface area (Å²) in [6, 6.07) is 0. The molecule has 0 aliphatic heterocycles. The molecule has 0 heterocycles. The molecule has 118 valence electrons. The van der Waals surface area contributed by atoms with Gasteiger partial charge in [-0.3, -0.25) is 0 Å². The van der Waals surface area contributed by atoms with E-state index in [9.17, 15) is 0 Å². The monoisotopic (exact) mass is 278 g/mol. The molecule has 3 fully saturated rings. The summed E-state index contributed by atoms with van der Waals surface area (Å²) in [6.07, 6.45) is 1.34. The van der Waals surface area contributed by atoms with Gasteiger partial charge in [0, 0.05) is 0 Å². The quantitative estimate of drug-likeness (QED) is 0.471.